The lowest BCUT2D eigenvalue weighted by Crippen LogP contribution is -2.46. The van der Waals surface area contributed by atoms with E-state index in [2.05, 4.69) is 20.9 Å². The molecule has 1 aliphatic heterocycles. The van der Waals surface area contributed by atoms with E-state index in [4.69, 9.17) is 0 Å². The summed E-state index contributed by atoms with van der Waals surface area (Å²) in [6, 6.07) is 21.2. The zero-order valence-electron chi connectivity index (χ0n) is 19.2. The number of benzene rings is 3. The summed E-state index contributed by atoms with van der Waals surface area (Å²) in [6.07, 6.45) is 1.57. The third-order valence-corrected chi connectivity index (χ3v) is 6.00. The van der Waals surface area contributed by atoms with Crippen LogP contribution in [0.3, 0.4) is 0 Å². The van der Waals surface area contributed by atoms with Gasteiger partial charge in [0.05, 0.1) is 5.56 Å². The average molecular weight is 461 g/mol. The second-order valence-corrected chi connectivity index (χ2v) is 8.55. The third kappa shape index (κ3) is 6.13. The van der Waals surface area contributed by atoms with Crippen LogP contribution in [0.5, 0.6) is 0 Å². The first kappa shape index (κ1) is 23.3. The maximum atomic E-state index is 13.1. The Bertz CT molecular complexity index is 1120. The first-order valence-corrected chi connectivity index (χ1v) is 11.5. The van der Waals surface area contributed by atoms with Crippen molar-refractivity contribution in [2.75, 3.05) is 23.3 Å². The number of aryl methyl sites for hydroxylation is 1. The van der Waals surface area contributed by atoms with E-state index in [1.165, 1.54) is 12.1 Å². The first-order chi connectivity index (χ1) is 16.5. The largest absolute Gasteiger partial charge is 0.371 e. The Kier molecular flexibility index (Phi) is 7.42. The number of para-hydroxylation sites is 1. The van der Waals surface area contributed by atoms with Gasteiger partial charge < -0.3 is 20.9 Å². The van der Waals surface area contributed by atoms with E-state index in [0.29, 0.717) is 12.1 Å². The number of halogens is 1. The maximum absolute atomic E-state index is 13.1. The molecule has 3 amide bonds. The molecule has 0 atom stereocenters. The molecule has 3 N–H and O–H groups in total. The zero-order valence-corrected chi connectivity index (χ0v) is 19.2. The molecule has 1 aliphatic rings. The summed E-state index contributed by atoms with van der Waals surface area (Å²) < 4.78 is 13.1. The number of hydrogen-bond donors (Lipinski definition) is 3. The van der Waals surface area contributed by atoms with Crippen LogP contribution in [-0.4, -0.2) is 31.1 Å². The van der Waals surface area contributed by atoms with Gasteiger partial charge in [-0.15, -0.1) is 0 Å². The first-order valence-electron chi connectivity index (χ1n) is 11.5. The van der Waals surface area contributed by atoms with Crippen molar-refractivity contribution in [3.05, 3.63) is 95.3 Å². The number of amides is 3. The van der Waals surface area contributed by atoms with Gasteiger partial charge in [0.2, 0.25) is 0 Å². The van der Waals surface area contributed by atoms with Crippen LogP contribution >= 0.6 is 0 Å². The SMILES string of the molecule is Cc1ccc(NC(=O)NC2CCN(c3ccccc3C(=O)NCc3ccc(F)cc3)CC2)cc1. The fraction of sp³-hybridized carbons (Fsp3) is 0.259. The summed E-state index contributed by atoms with van der Waals surface area (Å²) in [6.45, 7) is 3.80. The van der Waals surface area contributed by atoms with Gasteiger partial charge in [0.25, 0.3) is 5.91 Å². The van der Waals surface area contributed by atoms with Crippen molar-refractivity contribution in [1.29, 1.82) is 0 Å². The number of carbonyl (C=O) groups is 2. The van der Waals surface area contributed by atoms with Crippen LogP contribution in [0.15, 0.2) is 72.8 Å². The fourth-order valence-corrected chi connectivity index (χ4v) is 4.08. The standard InChI is InChI=1S/C27H29FN4O2/c1-19-6-12-22(13-7-19)30-27(34)31-23-14-16-32(17-15-23)25-5-3-2-4-24(25)26(33)29-18-20-8-10-21(28)11-9-20/h2-13,23H,14-18H2,1H3,(H,29,33)(H2,30,31,34). The fourth-order valence-electron chi connectivity index (χ4n) is 4.08. The van der Waals surface area contributed by atoms with Gasteiger partial charge in [-0.05, 0) is 61.7 Å². The van der Waals surface area contributed by atoms with Gasteiger partial charge in [-0.3, -0.25) is 4.79 Å². The molecule has 0 unspecified atom stereocenters. The minimum atomic E-state index is -0.300. The van der Waals surface area contributed by atoms with E-state index in [0.717, 1.165) is 48.4 Å². The molecule has 0 aliphatic carbocycles. The molecule has 176 valence electrons. The quantitative estimate of drug-likeness (QED) is 0.492. The summed E-state index contributed by atoms with van der Waals surface area (Å²) in [4.78, 5) is 27.4. The summed E-state index contributed by atoms with van der Waals surface area (Å²) >= 11 is 0. The lowest BCUT2D eigenvalue weighted by Gasteiger charge is -2.34. The summed E-state index contributed by atoms with van der Waals surface area (Å²) in [5.74, 6) is -0.469. The Hall–Kier alpha value is -3.87. The van der Waals surface area contributed by atoms with Crippen molar-refractivity contribution in [3.8, 4) is 0 Å². The second kappa shape index (κ2) is 10.8. The molecule has 0 bridgehead atoms. The van der Waals surface area contributed by atoms with Gasteiger partial charge in [0.15, 0.2) is 0 Å². The van der Waals surface area contributed by atoms with Gasteiger partial charge >= 0.3 is 6.03 Å². The molecular formula is C27H29FN4O2. The molecule has 1 fully saturated rings. The highest BCUT2D eigenvalue weighted by Crippen LogP contribution is 2.24. The van der Waals surface area contributed by atoms with Gasteiger partial charge in [-0.25, -0.2) is 9.18 Å². The number of piperidine rings is 1. The predicted octanol–water partition coefficient (Wildman–Crippen LogP) is 4.85. The highest BCUT2D eigenvalue weighted by Gasteiger charge is 2.23. The molecule has 0 saturated carbocycles. The van der Waals surface area contributed by atoms with Crippen molar-refractivity contribution < 1.29 is 14.0 Å². The Morgan fingerprint density at radius 2 is 1.62 bits per heavy atom. The number of hydrogen-bond acceptors (Lipinski definition) is 3. The van der Waals surface area contributed by atoms with Crippen LogP contribution in [0, 0.1) is 12.7 Å². The topological polar surface area (TPSA) is 73.5 Å². The number of nitrogens with one attached hydrogen (secondary N) is 3. The minimum Gasteiger partial charge on any atom is -0.371 e. The van der Waals surface area contributed by atoms with E-state index < -0.39 is 0 Å². The molecule has 0 radical (unpaired) electrons. The van der Waals surface area contributed by atoms with E-state index in [-0.39, 0.29) is 23.8 Å². The monoisotopic (exact) mass is 460 g/mol. The Morgan fingerprint density at radius 1 is 0.941 bits per heavy atom. The summed E-state index contributed by atoms with van der Waals surface area (Å²) in [5, 5.41) is 8.85. The molecule has 3 aromatic rings. The Labute approximate surface area is 199 Å². The average Bonchev–Trinajstić information content (AvgIpc) is 2.85. The maximum Gasteiger partial charge on any atom is 0.319 e. The molecule has 3 aromatic carbocycles. The van der Waals surface area contributed by atoms with Crippen LogP contribution in [0.1, 0.15) is 34.3 Å². The number of urea groups is 1. The number of rotatable bonds is 6. The lowest BCUT2D eigenvalue weighted by molar-refractivity contribution is 0.0951. The molecule has 0 aromatic heterocycles. The number of carbonyl (C=O) groups excluding carboxylic acids is 2. The molecule has 0 spiro atoms. The van der Waals surface area contributed by atoms with Gasteiger partial charge in [-0.2, -0.15) is 0 Å². The van der Waals surface area contributed by atoms with E-state index in [1.54, 1.807) is 12.1 Å². The highest BCUT2D eigenvalue weighted by atomic mass is 19.1. The van der Waals surface area contributed by atoms with Gasteiger partial charge in [0, 0.05) is 37.1 Å². The Morgan fingerprint density at radius 3 is 2.32 bits per heavy atom. The van der Waals surface area contributed by atoms with Crippen LogP contribution in [-0.2, 0) is 6.54 Å². The minimum absolute atomic E-state index is 0.0705. The predicted molar refractivity (Wildman–Crippen MR) is 133 cm³/mol. The van der Waals surface area contributed by atoms with Crippen LogP contribution in [0.25, 0.3) is 0 Å². The molecular weight excluding hydrogens is 431 g/mol. The van der Waals surface area contributed by atoms with Gasteiger partial charge in [0.1, 0.15) is 5.82 Å². The molecule has 7 heteroatoms. The van der Waals surface area contributed by atoms with E-state index in [9.17, 15) is 14.0 Å². The van der Waals surface area contributed by atoms with Crippen molar-refractivity contribution in [1.82, 2.24) is 10.6 Å². The molecule has 34 heavy (non-hydrogen) atoms. The summed E-state index contributed by atoms with van der Waals surface area (Å²) in [5.41, 5.74) is 4.22. The summed E-state index contributed by atoms with van der Waals surface area (Å²) in [7, 11) is 0. The molecule has 6 nitrogen and oxygen atoms in total. The van der Waals surface area contributed by atoms with E-state index in [1.807, 2.05) is 55.5 Å². The Balaban J connectivity index is 1.30. The zero-order chi connectivity index (χ0) is 23.9. The van der Waals surface area contributed by atoms with Crippen LogP contribution < -0.4 is 20.9 Å². The van der Waals surface area contributed by atoms with Crippen molar-refractivity contribution >= 4 is 23.3 Å². The van der Waals surface area contributed by atoms with Crippen molar-refractivity contribution in [3.63, 3.8) is 0 Å². The van der Waals surface area contributed by atoms with Gasteiger partial charge in [-0.1, -0.05) is 42.0 Å². The smallest absolute Gasteiger partial charge is 0.319 e. The normalized spacial score (nSPS) is 13.9. The molecule has 4 rings (SSSR count). The van der Waals surface area contributed by atoms with Crippen LogP contribution in [0.4, 0.5) is 20.6 Å². The number of anilines is 2. The third-order valence-electron chi connectivity index (χ3n) is 6.00. The highest BCUT2D eigenvalue weighted by molar-refractivity contribution is 5.99. The molecule has 1 saturated heterocycles. The molecule has 1 heterocycles. The second-order valence-electron chi connectivity index (χ2n) is 8.55. The van der Waals surface area contributed by atoms with Crippen molar-refractivity contribution in [2.45, 2.75) is 32.4 Å². The van der Waals surface area contributed by atoms with Crippen molar-refractivity contribution in [2.24, 2.45) is 0 Å². The number of nitrogens with zero attached hydrogens (tertiary/aromatic N) is 1. The lowest BCUT2D eigenvalue weighted by atomic mass is 10.0. The van der Waals surface area contributed by atoms with E-state index >= 15 is 0 Å². The van der Waals surface area contributed by atoms with Crippen LogP contribution in [0.2, 0.25) is 0 Å².